The summed E-state index contributed by atoms with van der Waals surface area (Å²) in [4.78, 5) is 8.95. The molecule has 3 heterocycles. The van der Waals surface area contributed by atoms with Gasteiger partial charge in [-0.1, -0.05) is 40.7 Å². The van der Waals surface area contributed by atoms with Crippen molar-refractivity contribution in [3.63, 3.8) is 0 Å². The third-order valence-electron chi connectivity index (χ3n) is 3.90. The van der Waals surface area contributed by atoms with Crippen LogP contribution in [0.25, 0.3) is 28.2 Å². The van der Waals surface area contributed by atoms with Crippen LogP contribution in [-0.2, 0) is 5.75 Å². The van der Waals surface area contributed by atoms with Gasteiger partial charge in [0.05, 0.1) is 16.8 Å². The van der Waals surface area contributed by atoms with E-state index in [1.807, 2.05) is 40.8 Å². The van der Waals surface area contributed by atoms with Crippen LogP contribution >= 0.6 is 23.4 Å². The van der Waals surface area contributed by atoms with Crippen LogP contribution in [0, 0.1) is 0 Å². The van der Waals surface area contributed by atoms with Crippen LogP contribution in [0.1, 0.15) is 5.89 Å². The van der Waals surface area contributed by atoms with Gasteiger partial charge in [-0.05, 0) is 36.4 Å². The monoisotopic (exact) mass is 382 g/mol. The normalized spacial score (nSPS) is 11.6. The first kappa shape index (κ1) is 15.4. The summed E-state index contributed by atoms with van der Waals surface area (Å²) in [7, 11) is 0. The molecule has 0 aliphatic rings. The fourth-order valence-electron chi connectivity index (χ4n) is 2.70. The van der Waals surface area contributed by atoms with Crippen LogP contribution < -0.4 is 0 Å². The Morgan fingerprint density at radius 2 is 1.92 bits per heavy atom. The highest BCUT2D eigenvalue weighted by Crippen LogP contribution is 2.26. The van der Waals surface area contributed by atoms with Gasteiger partial charge in [0.2, 0.25) is 17.5 Å². The van der Waals surface area contributed by atoms with Gasteiger partial charge < -0.3 is 4.52 Å². The minimum Gasteiger partial charge on any atom is -0.338 e. The van der Waals surface area contributed by atoms with Crippen LogP contribution in [0.5, 0.6) is 0 Å². The van der Waals surface area contributed by atoms with Crippen LogP contribution in [0.2, 0.25) is 5.02 Å². The fraction of sp³-hybridized carbons (Fsp3) is 0.0588. The van der Waals surface area contributed by atoms with Crippen molar-refractivity contribution in [2.24, 2.45) is 0 Å². The van der Waals surface area contributed by atoms with Gasteiger partial charge in [-0.3, -0.25) is 4.40 Å². The summed E-state index contributed by atoms with van der Waals surface area (Å²) in [5, 5.41) is 12.8. The molecule has 9 heteroatoms. The predicted octanol–water partition coefficient (Wildman–Crippen LogP) is 4.21. The van der Waals surface area contributed by atoms with E-state index in [-0.39, 0.29) is 0 Å². The number of aromatic amines is 1. The van der Waals surface area contributed by atoms with E-state index < -0.39 is 0 Å². The maximum Gasteiger partial charge on any atom is 0.237 e. The van der Waals surface area contributed by atoms with Gasteiger partial charge in [0.1, 0.15) is 0 Å². The lowest BCUT2D eigenvalue weighted by Gasteiger charge is -1.96. The number of nitrogens with zero attached hydrogens (tertiary/aromatic N) is 5. The maximum atomic E-state index is 5.91. The zero-order valence-corrected chi connectivity index (χ0v) is 14.8. The molecule has 0 unspecified atom stereocenters. The number of nitrogens with one attached hydrogen (secondary N) is 1. The molecule has 0 atom stereocenters. The number of imidazole rings is 1. The highest BCUT2D eigenvalue weighted by atomic mass is 35.5. The summed E-state index contributed by atoms with van der Waals surface area (Å²) in [5.41, 5.74) is 2.79. The van der Waals surface area contributed by atoms with Crippen molar-refractivity contribution in [1.29, 1.82) is 0 Å². The number of para-hydroxylation sites is 2. The van der Waals surface area contributed by atoms with Crippen LogP contribution in [-0.4, -0.2) is 29.7 Å². The van der Waals surface area contributed by atoms with Crippen molar-refractivity contribution in [2.75, 3.05) is 0 Å². The number of rotatable bonds is 4. The largest absolute Gasteiger partial charge is 0.338 e. The third-order valence-corrected chi connectivity index (χ3v) is 5.07. The van der Waals surface area contributed by atoms with E-state index in [9.17, 15) is 0 Å². The van der Waals surface area contributed by atoms with Crippen molar-refractivity contribution in [3.8, 4) is 11.4 Å². The van der Waals surface area contributed by atoms with Gasteiger partial charge >= 0.3 is 0 Å². The van der Waals surface area contributed by atoms with E-state index >= 15 is 0 Å². The molecule has 1 N–H and O–H groups in total. The SMILES string of the molecule is Clc1ccc(-c2noc(CSc3n[nH]c4nc5ccccc5n34)n2)cc1. The Hall–Kier alpha value is -2.84. The summed E-state index contributed by atoms with van der Waals surface area (Å²) in [6.45, 7) is 0. The lowest BCUT2D eigenvalue weighted by Crippen LogP contribution is -1.87. The van der Waals surface area contributed by atoms with E-state index in [2.05, 4.69) is 25.3 Å². The van der Waals surface area contributed by atoms with Gasteiger partial charge in [-0.2, -0.15) is 4.98 Å². The first-order valence-corrected chi connectivity index (χ1v) is 9.17. The van der Waals surface area contributed by atoms with Crippen molar-refractivity contribution in [3.05, 3.63) is 59.4 Å². The Kier molecular flexibility index (Phi) is 3.65. The lowest BCUT2D eigenvalue weighted by molar-refractivity contribution is 0.391. The molecule has 7 nitrogen and oxygen atoms in total. The number of thioether (sulfide) groups is 1. The molecule has 128 valence electrons. The molecule has 5 rings (SSSR count). The smallest absolute Gasteiger partial charge is 0.237 e. The van der Waals surface area contributed by atoms with Gasteiger partial charge in [0.15, 0.2) is 5.16 Å². The molecule has 0 saturated heterocycles. The minimum absolute atomic E-state index is 0.507. The molecular weight excluding hydrogens is 372 g/mol. The van der Waals surface area contributed by atoms with Crippen LogP contribution in [0.3, 0.4) is 0 Å². The minimum atomic E-state index is 0.507. The predicted molar refractivity (Wildman–Crippen MR) is 99.1 cm³/mol. The van der Waals surface area contributed by atoms with E-state index in [1.54, 1.807) is 12.1 Å². The molecule has 0 spiro atoms. The molecule has 5 aromatic rings. The molecule has 3 aromatic heterocycles. The van der Waals surface area contributed by atoms with E-state index in [1.165, 1.54) is 11.8 Å². The van der Waals surface area contributed by atoms with Crippen LogP contribution in [0.15, 0.2) is 58.2 Å². The van der Waals surface area contributed by atoms with Gasteiger partial charge in [-0.15, -0.1) is 5.10 Å². The van der Waals surface area contributed by atoms with Gasteiger partial charge in [0, 0.05) is 10.6 Å². The average Bonchev–Trinajstić information content (AvgIpc) is 3.36. The molecule has 0 saturated carbocycles. The van der Waals surface area contributed by atoms with Crippen molar-refractivity contribution >= 4 is 40.2 Å². The lowest BCUT2D eigenvalue weighted by atomic mass is 10.2. The summed E-state index contributed by atoms with van der Waals surface area (Å²) in [6, 6.07) is 15.2. The molecule has 0 amide bonds. The molecule has 26 heavy (non-hydrogen) atoms. The first-order valence-electron chi connectivity index (χ1n) is 7.81. The standard InChI is InChI=1S/C17H11ClN6OS/c18-11-7-5-10(6-8-11)15-20-14(25-23-15)9-26-17-22-21-16-19-12-3-1-2-4-13(12)24(16)17/h1-8H,9H2,(H,19,21). The molecule has 0 bridgehead atoms. The molecule has 0 fully saturated rings. The van der Waals surface area contributed by atoms with Gasteiger partial charge in [0.25, 0.3) is 0 Å². The average molecular weight is 383 g/mol. The summed E-state index contributed by atoms with van der Waals surface area (Å²) < 4.78 is 7.33. The molecule has 2 aromatic carbocycles. The highest BCUT2D eigenvalue weighted by molar-refractivity contribution is 7.98. The Balaban J connectivity index is 1.40. The van der Waals surface area contributed by atoms with Crippen LogP contribution in [0.4, 0.5) is 0 Å². The zero-order valence-electron chi connectivity index (χ0n) is 13.3. The first-order chi connectivity index (χ1) is 12.8. The molecular formula is C17H11ClN6OS. The summed E-state index contributed by atoms with van der Waals surface area (Å²) in [5.74, 6) is 2.28. The Bertz CT molecular complexity index is 1210. The number of benzene rings is 2. The van der Waals surface area contributed by atoms with E-state index in [0.29, 0.717) is 28.3 Å². The molecule has 0 aliphatic heterocycles. The van der Waals surface area contributed by atoms with Gasteiger partial charge in [-0.25, -0.2) is 10.1 Å². The number of halogens is 1. The van der Waals surface area contributed by atoms with Crippen molar-refractivity contribution < 1.29 is 4.52 Å². The zero-order chi connectivity index (χ0) is 17.5. The quantitative estimate of drug-likeness (QED) is 0.469. The second-order valence-electron chi connectivity index (χ2n) is 5.57. The number of hydrogen-bond donors (Lipinski definition) is 1. The summed E-state index contributed by atoms with van der Waals surface area (Å²) >= 11 is 7.41. The second kappa shape index (κ2) is 6.15. The Morgan fingerprint density at radius 3 is 2.81 bits per heavy atom. The summed E-state index contributed by atoms with van der Waals surface area (Å²) in [6.07, 6.45) is 0. The Morgan fingerprint density at radius 1 is 1.08 bits per heavy atom. The molecule has 0 radical (unpaired) electrons. The maximum absolute atomic E-state index is 5.91. The van der Waals surface area contributed by atoms with E-state index in [4.69, 9.17) is 16.1 Å². The van der Waals surface area contributed by atoms with E-state index in [0.717, 1.165) is 21.8 Å². The Labute approximate surface area is 156 Å². The fourth-order valence-corrected chi connectivity index (χ4v) is 3.62. The third kappa shape index (κ3) is 2.63. The number of H-pyrrole nitrogens is 1. The number of aromatic nitrogens is 6. The topological polar surface area (TPSA) is 84.9 Å². The number of fused-ring (bicyclic) bond motifs is 3. The second-order valence-corrected chi connectivity index (χ2v) is 6.95. The van der Waals surface area contributed by atoms with Crippen molar-refractivity contribution in [1.82, 2.24) is 29.7 Å². The molecule has 0 aliphatic carbocycles. The van der Waals surface area contributed by atoms with Crippen molar-refractivity contribution in [2.45, 2.75) is 10.9 Å². The highest BCUT2D eigenvalue weighted by Gasteiger charge is 2.14. The number of hydrogen-bond acceptors (Lipinski definition) is 6.